The highest BCUT2D eigenvalue weighted by atomic mass is 16.2. The van der Waals surface area contributed by atoms with E-state index in [-0.39, 0.29) is 5.91 Å². The van der Waals surface area contributed by atoms with Gasteiger partial charge >= 0.3 is 0 Å². The summed E-state index contributed by atoms with van der Waals surface area (Å²) in [5, 5.41) is 3.16. The van der Waals surface area contributed by atoms with Gasteiger partial charge in [0.15, 0.2) is 0 Å². The molecule has 0 aliphatic rings. The van der Waals surface area contributed by atoms with Gasteiger partial charge in [-0.15, -0.1) is 0 Å². The topological polar surface area (TPSA) is 32.3 Å². The average molecular weight is 264 g/mol. The van der Waals surface area contributed by atoms with Crippen LogP contribution in [0.15, 0.2) is 24.3 Å². The van der Waals surface area contributed by atoms with Crippen molar-refractivity contribution in [1.82, 2.24) is 5.32 Å². The van der Waals surface area contributed by atoms with Gasteiger partial charge in [0.1, 0.15) is 0 Å². The molecule has 1 aromatic carbocycles. The molecule has 3 nitrogen and oxygen atoms in total. The first-order chi connectivity index (χ1) is 9.15. The first-order valence-electron chi connectivity index (χ1n) is 7.19. The summed E-state index contributed by atoms with van der Waals surface area (Å²) in [6, 6.07) is 7.98. The fourth-order valence-electron chi connectivity index (χ4n) is 1.53. The number of hydrogen-bond acceptors (Lipinski definition) is 2. The number of aryl methyl sites for hydroxylation is 1. The van der Waals surface area contributed by atoms with Crippen molar-refractivity contribution in [2.45, 2.75) is 40.5 Å². The largest absolute Gasteiger partial charge is 0.314 e. The normalized spacial score (nSPS) is 9.53. The van der Waals surface area contributed by atoms with Gasteiger partial charge in [0, 0.05) is 12.7 Å². The smallest absolute Gasteiger partial charge is 0.240 e. The molecule has 0 unspecified atom stereocenters. The summed E-state index contributed by atoms with van der Waals surface area (Å²) < 4.78 is 0. The minimum atomic E-state index is 0.102. The maximum absolute atomic E-state index is 11.9. The molecule has 0 aliphatic heterocycles. The number of nitrogens with zero attached hydrogens (tertiary/aromatic N) is 1. The van der Waals surface area contributed by atoms with Crippen LogP contribution in [0.1, 0.15) is 39.2 Å². The minimum absolute atomic E-state index is 0.102. The van der Waals surface area contributed by atoms with E-state index in [9.17, 15) is 4.79 Å². The Labute approximate surface area is 118 Å². The molecule has 1 rings (SSSR count). The second kappa shape index (κ2) is 10.6. The Bertz CT molecular complexity index is 346. The first kappa shape index (κ1) is 17.6. The monoisotopic (exact) mass is 264 g/mol. The van der Waals surface area contributed by atoms with Gasteiger partial charge in [0.25, 0.3) is 0 Å². The molecular weight excluding hydrogens is 236 g/mol. The lowest BCUT2D eigenvalue weighted by Gasteiger charge is -2.17. The van der Waals surface area contributed by atoms with Crippen molar-refractivity contribution in [3.05, 3.63) is 29.8 Å². The molecule has 1 N–H and O–H groups in total. The van der Waals surface area contributed by atoms with Crippen molar-refractivity contribution in [1.29, 1.82) is 0 Å². The molecular formula is C16H28N2O. The summed E-state index contributed by atoms with van der Waals surface area (Å²) in [5.74, 6) is 0.102. The fourth-order valence-corrected chi connectivity index (χ4v) is 1.53. The summed E-state index contributed by atoms with van der Waals surface area (Å²) in [6.45, 7) is 9.49. The van der Waals surface area contributed by atoms with E-state index in [0.717, 1.165) is 25.1 Å². The van der Waals surface area contributed by atoms with Crippen molar-refractivity contribution in [2.24, 2.45) is 0 Å². The Morgan fingerprint density at radius 1 is 1.21 bits per heavy atom. The maximum atomic E-state index is 11.9. The molecule has 1 aromatic rings. The van der Waals surface area contributed by atoms with Gasteiger partial charge in [0.2, 0.25) is 5.91 Å². The van der Waals surface area contributed by atoms with Crippen LogP contribution in [0.2, 0.25) is 0 Å². The predicted octanol–water partition coefficient (Wildman–Crippen LogP) is 3.37. The second-order valence-corrected chi connectivity index (χ2v) is 4.32. The molecule has 0 fully saturated rings. The summed E-state index contributed by atoms with van der Waals surface area (Å²) in [4.78, 5) is 13.5. The molecule has 0 atom stereocenters. The zero-order valence-electron chi connectivity index (χ0n) is 13.0. The van der Waals surface area contributed by atoms with Gasteiger partial charge in [-0.25, -0.2) is 0 Å². The van der Waals surface area contributed by atoms with E-state index in [4.69, 9.17) is 0 Å². The van der Waals surface area contributed by atoms with Crippen LogP contribution in [-0.4, -0.2) is 26.0 Å². The Balaban J connectivity index is 0.00000154. The van der Waals surface area contributed by atoms with Crippen LogP contribution >= 0.6 is 0 Å². The number of carbonyl (C=O) groups is 1. The van der Waals surface area contributed by atoms with Gasteiger partial charge in [-0.2, -0.15) is 0 Å². The minimum Gasteiger partial charge on any atom is -0.314 e. The maximum Gasteiger partial charge on any atom is 0.240 e. The molecule has 0 heterocycles. The molecule has 1 amide bonds. The van der Waals surface area contributed by atoms with Crippen molar-refractivity contribution < 1.29 is 4.79 Å². The van der Waals surface area contributed by atoms with Crippen molar-refractivity contribution in [3.8, 4) is 0 Å². The van der Waals surface area contributed by atoms with Crippen LogP contribution in [0.3, 0.4) is 0 Å². The van der Waals surface area contributed by atoms with E-state index < -0.39 is 0 Å². The molecule has 0 bridgehead atoms. The molecule has 0 aliphatic carbocycles. The van der Waals surface area contributed by atoms with Crippen molar-refractivity contribution in [2.75, 3.05) is 25.0 Å². The number of carbonyl (C=O) groups excluding carboxylic acids is 1. The summed E-state index contributed by atoms with van der Waals surface area (Å²) >= 11 is 0. The van der Waals surface area contributed by atoms with Gasteiger partial charge in [0.05, 0.1) is 6.54 Å². The van der Waals surface area contributed by atoms with Crippen LogP contribution in [-0.2, 0) is 4.79 Å². The summed E-state index contributed by atoms with van der Waals surface area (Å²) in [6.07, 6.45) is 2.26. The molecule has 0 saturated carbocycles. The number of likely N-dealkylation sites (N-methyl/N-ethyl adjacent to an activating group) is 1. The molecule has 108 valence electrons. The number of rotatable bonds is 6. The third-order valence-electron chi connectivity index (χ3n) is 2.78. The van der Waals surface area contributed by atoms with Crippen LogP contribution in [0, 0.1) is 6.92 Å². The summed E-state index contributed by atoms with van der Waals surface area (Å²) in [5.41, 5.74) is 2.15. The Morgan fingerprint density at radius 3 is 2.32 bits per heavy atom. The number of amides is 1. The van der Waals surface area contributed by atoms with E-state index in [1.54, 1.807) is 4.90 Å². The van der Waals surface area contributed by atoms with Gasteiger partial charge in [-0.1, -0.05) is 44.9 Å². The Hall–Kier alpha value is -1.35. The molecule has 0 saturated heterocycles. The third kappa shape index (κ3) is 6.97. The van der Waals surface area contributed by atoms with E-state index in [1.165, 1.54) is 5.56 Å². The number of anilines is 1. The predicted molar refractivity (Wildman–Crippen MR) is 83.7 cm³/mol. The molecule has 0 spiro atoms. The SMILES string of the molecule is CC.CCCCNCC(=O)N(C)c1ccc(C)cc1. The summed E-state index contributed by atoms with van der Waals surface area (Å²) in [7, 11) is 1.81. The Kier molecular flexibility index (Phi) is 9.81. The molecule has 0 radical (unpaired) electrons. The molecule has 0 aromatic heterocycles. The number of nitrogens with one attached hydrogen (secondary N) is 1. The van der Waals surface area contributed by atoms with Crippen LogP contribution in [0.5, 0.6) is 0 Å². The zero-order chi connectivity index (χ0) is 14.7. The van der Waals surface area contributed by atoms with E-state index >= 15 is 0 Å². The van der Waals surface area contributed by atoms with Crippen LogP contribution in [0.25, 0.3) is 0 Å². The van der Waals surface area contributed by atoms with E-state index in [0.29, 0.717) is 6.54 Å². The van der Waals surface area contributed by atoms with Crippen molar-refractivity contribution >= 4 is 11.6 Å². The average Bonchev–Trinajstić information content (AvgIpc) is 2.45. The molecule has 19 heavy (non-hydrogen) atoms. The van der Waals surface area contributed by atoms with Crippen LogP contribution in [0.4, 0.5) is 5.69 Å². The Morgan fingerprint density at radius 2 is 1.79 bits per heavy atom. The number of unbranched alkanes of at least 4 members (excludes halogenated alkanes) is 1. The lowest BCUT2D eigenvalue weighted by atomic mass is 10.2. The highest BCUT2D eigenvalue weighted by Gasteiger charge is 2.09. The lowest BCUT2D eigenvalue weighted by Crippen LogP contribution is -2.35. The van der Waals surface area contributed by atoms with Gasteiger partial charge < -0.3 is 10.2 Å². The second-order valence-electron chi connectivity index (χ2n) is 4.32. The molecule has 3 heteroatoms. The van der Waals surface area contributed by atoms with E-state index in [2.05, 4.69) is 12.2 Å². The first-order valence-corrected chi connectivity index (χ1v) is 7.19. The highest BCUT2D eigenvalue weighted by molar-refractivity contribution is 5.94. The van der Waals surface area contributed by atoms with Crippen molar-refractivity contribution in [3.63, 3.8) is 0 Å². The van der Waals surface area contributed by atoms with Gasteiger partial charge in [-0.3, -0.25) is 4.79 Å². The quantitative estimate of drug-likeness (QED) is 0.799. The van der Waals surface area contributed by atoms with E-state index in [1.807, 2.05) is 52.1 Å². The standard InChI is InChI=1S/C14H22N2O.C2H6/c1-4-5-10-15-11-14(17)16(3)13-8-6-12(2)7-9-13;1-2/h6-9,15H,4-5,10-11H2,1-3H3;1-2H3. The van der Waals surface area contributed by atoms with Crippen LogP contribution < -0.4 is 10.2 Å². The third-order valence-corrected chi connectivity index (χ3v) is 2.78. The fraction of sp³-hybridized carbons (Fsp3) is 0.562. The highest BCUT2D eigenvalue weighted by Crippen LogP contribution is 2.13. The number of hydrogen-bond donors (Lipinski definition) is 1. The number of benzene rings is 1. The lowest BCUT2D eigenvalue weighted by molar-refractivity contribution is -0.117. The zero-order valence-corrected chi connectivity index (χ0v) is 13.0. The van der Waals surface area contributed by atoms with Gasteiger partial charge in [-0.05, 0) is 32.0 Å².